The second-order valence-electron chi connectivity index (χ2n) is 4.62. The summed E-state index contributed by atoms with van der Waals surface area (Å²) in [4.78, 5) is 14.6. The third kappa shape index (κ3) is 4.22. The first-order valence-electron chi connectivity index (χ1n) is 6.38. The Hall–Kier alpha value is -1.60. The Bertz CT molecular complexity index is 417. The zero-order valence-corrected chi connectivity index (χ0v) is 10.5. The fourth-order valence-corrected chi connectivity index (χ4v) is 2.15. The quantitative estimate of drug-likeness (QED) is 0.685. The lowest BCUT2D eigenvalue weighted by molar-refractivity contribution is -0.137. The lowest BCUT2D eigenvalue weighted by atomic mass is 9.72. The molecule has 1 aliphatic rings. The van der Waals surface area contributed by atoms with Gasteiger partial charge < -0.3 is 20.1 Å². The van der Waals surface area contributed by atoms with Crippen molar-refractivity contribution in [1.82, 2.24) is 4.98 Å². The maximum atomic E-state index is 10.5. The zero-order chi connectivity index (χ0) is 13.7. The molecule has 2 atom stereocenters. The number of pyridine rings is 1. The fourth-order valence-electron chi connectivity index (χ4n) is 2.15. The van der Waals surface area contributed by atoms with E-state index < -0.39 is 13.1 Å². The summed E-state index contributed by atoms with van der Waals surface area (Å²) in [5, 5.41) is 21.6. The minimum atomic E-state index is -0.936. The first-order chi connectivity index (χ1) is 9.15. The number of hydrogen-bond acceptors (Lipinski definition) is 5. The van der Waals surface area contributed by atoms with Crippen molar-refractivity contribution in [3.8, 4) is 0 Å². The predicted octanol–water partition coefficient (Wildman–Crippen LogP) is 0.926. The van der Waals surface area contributed by atoms with Gasteiger partial charge in [-0.2, -0.15) is 0 Å². The topological polar surface area (TPSA) is 91.7 Å². The number of aromatic nitrogens is 1. The molecule has 0 radical (unpaired) electrons. The summed E-state index contributed by atoms with van der Waals surface area (Å²) in [6.45, 7) is 0. The molecule has 7 heteroatoms. The average Bonchev–Trinajstić information content (AvgIpc) is 2.40. The van der Waals surface area contributed by atoms with Crippen LogP contribution in [0.15, 0.2) is 24.4 Å². The van der Waals surface area contributed by atoms with Crippen LogP contribution in [0.4, 0.5) is 5.82 Å². The van der Waals surface area contributed by atoms with Crippen LogP contribution < -0.4 is 5.32 Å². The van der Waals surface area contributed by atoms with Crippen LogP contribution in [0.3, 0.4) is 0 Å². The summed E-state index contributed by atoms with van der Waals surface area (Å²) >= 11 is 0. The van der Waals surface area contributed by atoms with Crippen LogP contribution in [0.1, 0.15) is 25.7 Å². The highest BCUT2D eigenvalue weighted by atomic mass is 16.5. The highest BCUT2D eigenvalue weighted by Gasteiger charge is 2.35. The van der Waals surface area contributed by atoms with Crippen molar-refractivity contribution in [2.24, 2.45) is 0 Å². The minimum Gasteiger partial charge on any atom is -0.481 e. The molecular weight excluding hydrogens is 247 g/mol. The minimum absolute atomic E-state index is 0.0652. The van der Waals surface area contributed by atoms with Crippen LogP contribution >= 0.6 is 0 Å². The smallest absolute Gasteiger partial charge is 0.478 e. The second kappa shape index (κ2) is 6.54. The summed E-state index contributed by atoms with van der Waals surface area (Å²) in [7, 11) is -0.936. The SMILES string of the molecule is O=C(O)CC[C@@H]1CC[C@H](Nc2ccccn2)B(O)O1. The Balaban J connectivity index is 1.82. The molecule has 2 heterocycles. The Morgan fingerprint density at radius 3 is 3.00 bits per heavy atom. The number of aliphatic carboxylic acids is 1. The van der Waals surface area contributed by atoms with Gasteiger partial charge in [0.2, 0.25) is 0 Å². The number of rotatable bonds is 5. The maximum Gasteiger partial charge on any atom is 0.478 e. The summed E-state index contributed by atoms with van der Waals surface area (Å²) < 4.78 is 5.42. The molecule has 1 fully saturated rings. The van der Waals surface area contributed by atoms with E-state index in [0.717, 1.165) is 12.8 Å². The van der Waals surface area contributed by atoms with Crippen molar-refractivity contribution in [2.75, 3.05) is 5.32 Å². The third-order valence-corrected chi connectivity index (χ3v) is 3.15. The molecule has 1 saturated heterocycles. The van der Waals surface area contributed by atoms with E-state index in [-0.39, 0.29) is 18.5 Å². The first-order valence-corrected chi connectivity index (χ1v) is 6.38. The van der Waals surface area contributed by atoms with Gasteiger partial charge in [0.05, 0.1) is 5.94 Å². The molecule has 0 saturated carbocycles. The monoisotopic (exact) mass is 264 g/mol. The Labute approximate surface area is 112 Å². The van der Waals surface area contributed by atoms with Crippen molar-refractivity contribution < 1.29 is 19.6 Å². The number of carboxylic acids is 1. The maximum absolute atomic E-state index is 10.5. The van der Waals surface area contributed by atoms with Crippen molar-refractivity contribution in [2.45, 2.75) is 37.7 Å². The number of hydrogen-bond donors (Lipinski definition) is 3. The predicted molar refractivity (Wildman–Crippen MR) is 70.6 cm³/mol. The molecule has 1 aromatic rings. The van der Waals surface area contributed by atoms with Crippen LogP contribution in [-0.2, 0) is 9.45 Å². The lowest BCUT2D eigenvalue weighted by Crippen LogP contribution is -2.47. The molecule has 3 N–H and O–H groups in total. The Morgan fingerprint density at radius 2 is 2.37 bits per heavy atom. The van der Waals surface area contributed by atoms with E-state index in [0.29, 0.717) is 12.2 Å². The normalized spacial score (nSPS) is 23.1. The zero-order valence-electron chi connectivity index (χ0n) is 10.5. The molecule has 6 nitrogen and oxygen atoms in total. The number of nitrogens with zero attached hydrogens (tertiary/aromatic N) is 1. The van der Waals surface area contributed by atoms with Gasteiger partial charge in [0.1, 0.15) is 5.82 Å². The van der Waals surface area contributed by atoms with Crippen LogP contribution in [0, 0.1) is 0 Å². The molecule has 0 bridgehead atoms. The Morgan fingerprint density at radius 1 is 1.53 bits per heavy atom. The molecule has 0 spiro atoms. The van der Waals surface area contributed by atoms with Crippen LogP contribution in [0.5, 0.6) is 0 Å². The molecule has 1 aliphatic heterocycles. The molecule has 2 rings (SSSR count). The van der Waals surface area contributed by atoms with Gasteiger partial charge in [0.25, 0.3) is 0 Å². The van der Waals surface area contributed by atoms with Gasteiger partial charge in [0.15, 0.2) is 0 Å². The van der Waals surface area contributed by atoms with E-state index in [4.69, 9.17) is 9.76 Å². The van der Waals surface area contributed by atoms with E-state index in [9.17, 15) is 9.82 Å². The molecule has 0 amide bonds. The van der Waals surface area contributed by atoms with Gasteiger partial charge in [-0.1, -0.05) is 6.07 Å². The van der Waals surface area contributed by atoms with E-state index in [1.165, 1.54) is 0 Å². The van der Waals surface area contributed by atoms with Gasteiger partial charge >= 0.3 is 13.1 Å². The lowest BCUT2D eigenvalue weighted by Gasteiger charge is -2.31. The summed E-state index contributed by atoms with van der Waals surface area (Å²) in [6, 6.07) is 5.51. The number of anilines is 1. The van der Waals surface area contributed by atoms with Gasteiger partial charge in [-0.05, 0) is 31.4 Å². The summed E-state index contributed by atoms with van der Waals surface area (Å²) in [6.07, 6.45) is 3.44. The molecule has 0 aromatic carbocycles. The second-order valence-corrected chi connectivity index (χ2v) is 4.62. The average molecular weight is 264 g/mol. The van der Waals surface area contributed by atoms with Gasteiger partial charge in [-0.25, -0.2) is 4.98 Å². The number of nitrogens with one attached hydrogen (secondary N) is 1. The molecule has 19 heavy (non-hydrogen) atoms. The third-order valence-electron chi connectivity index (χ3n) is 3.15. The molecule has 1 aromatic heterocycles. The van der Waals surface area contributed by atoms with Crippen molar-refractivity contribution >= 4 is 18.9 Å². The summed E-state index contributed by atoms with van der Waals surface area (Å²) in [5.41, 5.74) is 0. The van der Waals surface area contributed by atoms with Crippen molar-refractivity contribution in [1.29, 1.82) is 0 Å². The van der Waals surface area contributed by atoms with Crippen molar-refractivity contribution in [3.63, 3.8) is 0 Å². The number of carbonyl (C=O) groups is 1. The fraction of sp³-hybridized carbons (Fsp3) is 0.500. The van der Waals surface area contributed by atoms with Gasteiger partial charge in [-0.15, -0.1) is 0 Å². The molecule has 0 aliphatic carbocycles. The van der Waals surface area contributed by atoms with Gasteiger partial charge in [-0.3, -0.25) is 4.79 Å². The first kappa shape index (κ1) is 13.8. The van der Waals surface area contributed by atoms with Crippen LogP contribution in [0.2, 0.25) is 0 Å². The molecule has 102 valence electrons. The molecule has 0 unspecified atom stereocenters. The standard InChI is InChI=1S/C12H17BN2O4/c16-12(17)7-5-9-4-6-10(13(18)19-9)15-11-3-1-2-8-14-11/h1-3,8-10,18H,4-7H2,(H,14,15)(H,16,17)/t9-,10-/m0/s1. The van der Waals surface area contributed by atoms with E-state index in [2.05, 4.69) is 10.3 Å². The number of carboxylic acid groups (broad SMARTS) is 1. The van der Waals surface area contributed by atoms with Gasteiger partial charge in [0, 0.05) is 18.7 Å². The van der Waals surface area contributed by atoms with E-state index in [1.807, 2.05) is 18.2 Å². The van der Waals surface area contributed by atoms with Crippen LogP contribution in [-0.4, -0.2) is 40.2 Å². The highest BCUT2D eigenvalue weighted by molar-refractivity contribution is 6.46. The summed E-state index contributed by atoms with van der Waals surface area (Å²) in [5.74, 6) is -0.359. The highest BCUT2D eigenvalue weighted by Crippen LogP contribution is 2.21. The van der Waals surface area contributed by atoms with E-state index >= 15 is 0 Å². The van der Waals surface area contributed by atoms with Crippen molar-refractivity contribution in [3.05, 3.63) is 24.4 Å². The van der Waals surface area contributed by atoms with Crippen LogP contribution in [0.25, 0.3) is 0 Å². The molecular formula is C12H17BN2O4. The van der Waals surface area contributed by atoms with E-state index in [1.54, 1.807) is 6.20 Å². The Kier molecular flexibility index (Phi) is 4.76. The largest absolute Gasteiger partial charge is 0.481 e.